The zero-order chi connectivity index (χ0) is 17.6. The van der Waals surface area contributed by atoms with Crippen LogP contribution in [0.3, 0.4) is 0 Å². The highest BCUT2D eigenvalue weighted by atomic mass is 32.2. The molecule has 0 aliphatic carbocycles. The van der Waals surface area contributed by atoms with Crippen LogP contribution in [0.15, 0.2) is 53.4 Å². The molecule has 0 saturated carbocycles. The monoisotopic (exact) mass is 356 g/mol. The molecule has 1 saturated heterocycles. The molecule has 25 heavy (non-hydrogen) atoms. The molecule has 0 unspecified atom stereocenters. The Morgan fingerprint density at radius 3 is 2.60 bits per heavy atom. The average Bonchev–Trinajstić information content (AvgIpc) is 2.76. The van der Waals surface area contributed by atoms with Crippen molar-refractivity contribution in [2.75, 3.05) is 24.4 Å². The number of likely N-dealkylation sites (N-methyl/N-ethyl adjacent to an activating group) is 1. The molecule has 0 bridgehead atoms. The third-order valence-electron chi connectivity index (χ3n) is 5.43. The van der Waals surface area contributed by atoms with E-state index >= 15 is 0 Å². The topological polar surface area (TPSA) is 40.6 Å². The number of aryl methyl sites for hydroxylation is 1. The molecule has 4 nitrogen and oxygen atoms in total. The lowest BCUT2D eigenvalue weighted by atomic mass is 9.92. The second kappa shape index (κ2) is 6.15. The Bertz CT molecular complexity index is 880. The summed E-state index contributed by atoms with van der Waals surface area (Å²) in [4.78, 5) is 2.70. The van der Waals surface area contributed by atoms with E-state index in [0.29, 0.717) is 4.90 Å². The average molecular weight is 356 g/mol. The fraction of sp³-hybridized carbons (Fsp3) is 0.400. The fourth-order valence-electron chi connectivity index (χ4n) is 4.27. The highest BCUT2D eigenvalue weighted by Gasteiger charge is 2.45. The third-order valence-corrected chi connectivity index (χ3v) is 7.29. The molecule has 4 rings (SSSR count). The molecule has 0 radical (unpaired) electrons. The van der Waals surface area contributed by atoms with Crippen LogP contribution in [0, 0.1) is 6.92 Å². The molecule has 0 aromatic heterocycles. The predicted octanol–water partition coefficient (Wildman–Crippen LogP) is 3.38. The lowest BCUT2D eigenvalue weighted by molar-refractivity contribution is 0.331. The van der Waals surface area contributed by atoms with Gasteiger partial charge in [-0.25, -0.2) is 8.42 Å². The molecule has 2 aliphatic heterocycles. The summed E-state index contributed by atoms with van der Waals surface area (Å²) < 4.78 is 28.6. The number of anilines is 1. The number of sulfonamides is 1. The Kier molecular flexibility index (Phi) is 4.08. The second-order valence-electron chi connectivity index (χ2n) is 7.25. The largest absolute Gasteiger partial charge is 0.306 e. The van der Waals surface area contributed by atoms with E-state index in [4.69, 9.17) is 0 Å². The van der Waals surface area contributed by atoms with E-state index < -0.39 is 10.0 Å². The van der Waals surface area contributed by atoms with Gasteiger partial charge in [0.25, 0.3) is 10.0 Å². The molecule has 2 heterocycles. The molecule has 0 N–H and O–H groups in total. The first-order valence-electron chi connectivity index (χ1n) is 8.87. The number of hydrogen-bond donors (Lipinski definition) is 0. The number of rotatable bonds is 2. The molecule has 2 atom stereocenters. The number of likely N-dealkylation sites (tertiary alicyclic amines) is 1. The summed E-state index contributed by atoms with van der Waals surface area (Å²) in [6, 6.07) is 15.0. The number of hydrogen-bond acceptors (Lipinski definition) is 3. The van der Waals surface area contributed by atoms with Crippen molar-refractivity contribution in [3.8, 4) is 0 Å². The number of fused-ring (bicyclic) bond motifs is 3. The maximum absolute atomic E-state index is 13.4. The van der Waals surface area contributed by atoms with E-state index in [9.17, 15) is 8.42 Å². The maximum atomic E-state index is 13.4. The molecular weight excluding hydrogens is 332 g/mol. The van der Waals surface area contributed by atoms with E-state index in [1.54, 1.807) is 28.6 Å². The van der Waals surface area contributed by atoms with Crippen LogP contribution in [0.1, 0.15) is 29.9 Å². The van der Waals surface area contributed by atoms with E-state index in [-0.39, 0.29) is 12.0 Å². The zero-order valence-corrected chi connectivity index (χ0v) is 15.5. The van der Waals surface area contributed by atoms with Crippen molar-refractivity contribution in [3.05, 3.63) is 59.7 Å². The van der Waals surface area contributed by atoms with Gasteiger partial charge in [-0.2, -0.15) is 0 Å². The van der Waals surface area contributed by atoms with Gasteiger partial charge in [-0.1, -0.05) is 35.9 Å². The van der Waals surface area contributed by atoms with Gasteiger partial charge in [-0.15, -0.1) is 0 Å². The minimum Gasteiger partial charge on any atom is -0.306 e. The first-order valence-corrected chi connectivity index (χ1v) is 10.3. The Labute approximate surface area is 150 Å². The second-order valence-corrected chi connectivity index (χ2v) is 9.07. The smallest absolute Gasteiger partial charge is 0.264 e. The van der Waals surface area contributed by atoms with Crippen molar-refractivity contribution in [2.45, 2.75) is 36.6 Å². The summed E-state index contributed by atoms with van der Waals surface area (Å²) in [5.74, 6) is 0.237. The van der Waals surface area contributed by atoms with Crippen LogP contribution >= 0.6 is 0 Å². The normalized spacial score (nSPS) is 23.8. The molecule has 2 aromatic rings. The van der Waals surface area contributed by atoms with Gasteiger partial charge in [-0.05, 0) is 57.1 Å². The lowest BCUT2D eigenvalue weighted by Gasteiger charge is -2.29. The van der Waals surface area contributed by atoms with Crippen LogP contribution in [0.5, 0.6) is 0 Å². The van der Waals surface area contributed by atoms with Gasteiger partial charge in [-0.3, -0.25) is 4.31 Å². The molecule has 0 spiro atoms. The quantitative estimate of drug-likeness (QED) is 0.828. The summed E-state index contributed by atoms with van der Waals surface area (Å²) >= 11 is 0. The minimum atomic E-state index is -3.55. The molecule has 1 fully saturated rings. The highest BCUT2D eigenvalue weighted by Crippen LogP contribution is 2.47. The summed E-state index contributed by atoms with van der Waals surface area (Å²) in [6.07, 6.45) is 1.92. The van der Waals surface area contributed by atoms with Gasteiger partial charge < -0.3 is 4.90 Å². The molecule has 5 heteroatoms. The van der Waals surface area contributed by atoms with Gasteiger partial charge in [0.05, 0.1) is 16.6 Å². The van der Waals surface area contributed by atoms with Crippen molar-refractivity contribution in [1.29, 1.82) is 0 Å². The maximum Gasteiger partial charge on any atom is 0.264 e. The van der Waals surface area contributed by atoms with Crippen LogP contribution < -0.4 is 4.31 Å². The number of nitrogens with zero attached hydrogens (tertiary/aromatic N) is 2. The zero-order valence-electron chi connectivity index (χ0n) is 14.7. The minimum absolute atomic E-state index is 0.00644. The fourth-order valence-corrected chi connectivity index (χ4v) is 6.03. The van der Waals surface area contributed by atoms with Crippen molar-refractivity contribution < 1.29 is 8.42 Å². The van der Waals surface area contributed by atoms with Crippen molar-refractivity contribution in [3.63, 3.8) is 0 Å². The molecule has 0 amide bonds. The van der Waals surface area contributed by atoms with E-state index in [1.165, 1.54) is 11.1 Å². The molecule has 132 valence electrons. The van der Waals surface area contributed by atoms with Crippen molar-refractivity contribution in [1.82, 2.24) is 4.90 Å². The third kappa shape index (κ3) is 2.75. The van der Waals surface area contributed by atoms with Crippen LogP contribution in [-0.4, -0.2) is 39.5 Å². The molecular formula is C20H24N2O2S. The van der Waals surface area contributed by atoms with Gasteiger partial charge in [0, 0.05) is 12.5 Å². The van der Waals surface area contributed by atoms with Crippen LogP contribution in [0.2, 0.25) is 0 Å². The lowest BCUT2D eigenvalue weighted by Crippen LogP contribution is -2.40. The molecule has 2 aliphatic rings. The van der Waals surface area contributed by atoms with Gasteiger partial charge in [0.1, 0.15) is 0 Å². The first kappa shape index (κ1) is 16.6. The van der Waals surface area contributed by atoms with E-state index in [0.717, 1.165) is 31.6 Å². The summed E-state index contributed by atoms with van der Waals surface area (Å²) in [7, 11) is -1.42. The SMILES string of the molecule is Cc1ccc2c(c1)[C@H]1CN(C)CCC[C@@H]1N2S(=O)(=O)c1ccccc1. The number of benzene rings is 2. The van der Waals surface area contributed by atoms with Gasteiger partial charge in [0.2, 0.25) is 0 Å². The Hall–Kier alpha value is -1.85. The Morgan fingerprint density at radius 2 is 1.84 bits per heavy atom. The Balaban J connectivity index is 1.87. The predicted molar refractivity (Wildman–Crippen MR) is 101 cm³/mol. The highest BCUT2D eigenvalue weighted by molar-refractivity contribution is 7.92. The summed E-state index contributed by atoms with van der Waals surface area (Å²) in [6.45, 7) is 4.00. The van der Waals surface area contributed by atoms with Gasteiger partial charge >= 0.3 is 0 Å². The van der Waals surface area contributed by atoms with E-state index in [2.05, 4.69) is 24.9 Å². The first-order chi connectivity index (χ1) is 12.0. The van der Waals surface area contributed by atoms with Crippen LogP contribution in [0.25, 0.3) is 0 Å². The standard InChI is InChI=1S/C20H24N2O2S/c1-15-10-11-20-17(13-15)18-14-21(2)12-6-9-19(18)22(20)25(23,24)16-7-4-3-5-8-16/h3-5,7-8,10-11,13,18-19H,6,9,12,14H2,1-2H3/t18-,19+/m1/s1. The van der Waals surface area contributed by atoms with Crippen molar-refractivity contribution in [2.24, 2.45) is 0 Å². The van der Waals surface area contributed by atoms with Crippen molar-refractivity contribution >= 4 is 15.7 Å². The summed E-state index contributed by atoms with van der Waals surface area (Å²) in [5.41, 5.74) is 3.22. The van der Waals surface area contributed by atoms with Crippen LogP contribution in [-0.2, 0) is 10.0 Å². The van der Waals surface area contributed by atoms with E-state index in [1.807, 2.05) is 18.2 Å². The molecule has 2 aromatic carbocycles. The van der Waals surface area contributed by atoms with Gasteiger partial charge in [0.15, 0.2) is 0 Å². The summed E-state index contributed by atoms with van der Waals surface area (Å²) in [5, 5.41) is 0. The Morgan fingerprint density at radius 1 is 1.08 bits per heavy atom. The van der Waals surface area contributed by atoms with Crippen LogP contribution in [0.4, 0.5) is 5.69 Å².